The van der Waals surface area contributed by atoms with Gasteiger partial charge in [0.1, 0.15) is 5.75 Å². The maximum absolute atomic E-state index is 13.0. The van der Waals surface area contributed by atoms with Crippen molar-refractivity contribution in [2.75, 3.05) is 20.2 Å². The van der Waals surface area contributed by atoms with Gasteiger partial charge < -0.3 is 4.74 Å². The molecule has 0 amide bonds. The molecule has 6 nitrogen and oxygen atoms in total. The lowest BCUT2D eigenvalue weighted by molar-refractivity contribution is -0.0128. The number of pyridine rings is 1. The summed E-state index contributed by atoms with van der Waals surface area (Å²) in [7, 11) is -1.80. The van der Waals surface area contributed by atoms with Gasteiger partial charge in [-0.3, -0.25) is 9.88 Å². The van der Waals surface area contributed by atoms with Crippen molar-refractivity contribution in [2.24, 2.45) is 11.8 Å². The quantitative estimate of drug-likeness (QED) is 0.723. The van der Waals surface area contributed by atoms with Crippen LogP contribution in [0.5, 0.6) is 5.75 Å². The van der Waals surface area contributed by atoms with Crippen LogP contribution < -0.4 is 9.46 Å². The highest BCUT2D eigenvalue weighted by Crippen LogP contribution is 2.43. The van der Waals surface area contributed by atoms with Gasteiger partial charge in [-0.2, -0.15) is 0 Å². The van der Waals surface area contributed by atoms with Crippen LogP contribution in [-0.2, 0) is 10.0 Å². The number of nitrogens with one attached hydrogen (secondary N) is 1. The summed E-state index contributed by atoms with van der Waals surface area (Å²) in [6.45, 7) is 7.82. The highest BCUT2D eigenvalue weighted by atomic mass is 32.2. The van der Waals surface area contributed by atoms with Crippen molar-refractivity contribution >= 4 is 20.9 Å². The van der Waals surface area contributed by atoms with E-state index < -0.39 is 15.3 Å². The van der Waals surface area contributed by atoms with Crippen molar-refractivity contribution in [3.05, 3.63) is 36.0 Å². The summed E-state index contributed by atoms with van der Waals surface area (Å²) >= 11 is 0. The average Bonchev–Trinajstić information content (AvgIpc) is 2.76. The molecular formula is C23H33N3O3S. The Morgan fingerprint density at radius 3 is 2.73 bits per heavy atom. The number of methoxy groups -OCH3 is 1. The highest BCUT2D eigenvalue weighted by Gasteiger charge is 2.44. The van der Waals surface area contributed by atoms with Crippen molar-refractivity contribution in [1.82, 2.24) is 14.6 Å². The summed E-state index contributed by atoms with van der Waals surface area (Å²) in [4.78, 5) is 7.01. The molecule has 7 heteroatoms. The van der Waals surface area contributed by atoms with Gasteiger partial charge in [0.2, 0.25) is 10.0 Å². The van der Waals surface area contributed by atoms with E-state index in [-0.39, 0.29) is 12.1 Å². The topological polar surface area (TPSA) is 71.5 Å². The van der Waals surface area contributed by atoms with Crippen molar-refractivity contribution in [1.29, 1.82) is 0 Å². The number of rotatable bonds is 7. The van der Waals surface area contributed by atoms with Gasteiger partial charge in [0, 0.05) is 24.2 Å². The Balaban J connectivity index is 1.80. The van der Waals surface area contributed by atoms with Crippen LogP contribution in [0.3, 0.4) is 0 Å². The summed E-state index contributed by atoms with van der Waals surface area (Å²) in [6.07, 6.45) is 5.21. The molecule has 5 atom stereocenters. The fourth-order valence-corrected chi connectivity index (χ4v) is 6.11. The van der Waals surface area contributed by atoms with Crippen LogP contribution in [-0.4, -0.2) is 49.8 Å². The van der Waals surface area contributed by atoms with Crippen LogP contribution in [0.15, 0.2) is 30.5 Å². The zero-order valence-corrected chi connectivity index (χ0v) is 19.2. The zero-order chi connectivity index (χ0) is 21.5. The smallest absolute Gasteiger partial charge is 0.214 e. The van der Waals surface area contributed by atoms with Crippen LogP contribution in [0.1, 0.15) is 51.6 Å². The third-order valence-corrected chi connectivity index (χ3v) is 8.90. The normalized spacial score (nSPS) is 27.5. The minimum absolute atomic E-state index is 0.150. The van der Waals surface area contributed by atoms with E-state index in [1.165, 1.54) is 12.8 Å². The molecule has 30 heavy (non-hydrogen) atoms. The first-order valence-electron chi connectivity index (χ1n) is 11.0. The molecule has 3 aliphatic heterocycles. The fourth-order valence-electron chi connectivity index (χ4n) is 5.20. The summed E-state index contributed by atoms with van der Waals surface area (Å²) < 4.78 is 34.5. The first-order chi connectivity index (χ1) is 14.3. The summed E-state index contributed by atoms with van der Waals surface area (Å²) in [5.74, 6) is 2.13. The monoisotopic (exact) mass is 431 g/mol. The Kier molecular flexibility index (Phi) is 6.06. The molecule has 2 bridgehead atoms. The SMILES string of the molecule is CCC1CN2CCC1CC2C(NS(=O)(=O)C(C)C)c1ccnc2ccc(OC)cc12. The van der Waals surface area contributed by atoms with Gasteiger partial charge in [-0.05, 0) is 74.9 Å². The fraction of sp³-hybridized carbons (Fsp3) is 0.609. The standard InChI is InChI=1S/C23H33N3O3S/c1-5-16-14-26-11-9-17(16)12-22(26)23(25-30(27,28)15(2)3)19-8-10-24-21-7-6-18(29-4)13-20(19)21/h6-8,10,13,15-17,22-23,25H,5,9,11-12,14H2,1-4H3. The molecule has 2 aromatic rings. The van der Waals surface area contributed by atoms with Crippen LogP contribution in [0.25, 0.3) is 10.9 Å². The highest BCUT2D eigenvalue weighted by molar-refractivity contribution is 7.90. The minimum Gasteiger partial charge on any atom is -0.497 e. The van der Waals surface area contributed by atoms with Crippen molar-refractivity contribution < 1.29 is 13.2 Å². The molecular weight excluding hydrogens is 398 g/mol. The Hall–Kier alpha value is -1.70. The maximum Gasteiger partial charge on any atom is 0.214 e. The lowest BCUT2D eigenvalue weighted by Gasteiger charge is -2.52. The third-order valence-electron chi connectivity index (χ3n) is 7.07. The number of hydrogen-bond donors (Lipinski definition) is 1. The van der Waals surface area contributed by atoms with Gasteiger partial charge >= 0.3 is 0 Å². The number of aromatic nitrogens is 1. The molecule has 4 heterocycles. The van der Waals surface area contributed by atoms with E-state index in [9.17, 15) is 8.42 Å². The van der Waals surface area contributed by atoms with Crippen LogP contribution in [0.2, 0.25) is 0 Å². The Morgan fingerprint density at radius 2 is 2.10 bits per heavy atom. The van der Waals surface area contributed by atoms with Crippen molar-refractivity contribution in [3.8, 4) is 5.75 Å². The predicted octanol–water partition coefficient (Wildman–Crippen LogP) is 3.73. The van der Waals surface area contributed by atoms with Gasteiger partial charge in [-0.25, -0.2) is 13.1 Å². The Morgan fingerprint density at radius 1 is 1.30 bits per heavy atom. The molecule has 1 N–H and O–H groups in total. The molecule has 3 fully saturated rings. The van der Waals surface area contributed by atoms with E-state index in [2.05, 4.69) is 21.5 Å². The van der Waals surface area contributed by atoms with Gasteiger partial charge in [0.15, 0.2) is 0 Å². The van der Waals surface area contributed by atoms with Crippen molar-refractivity contribution in [2.45, 2.75) is 57.4 Å². The molecule has 1 aromatic heterocycles. The third kappa shape index (κ3) is 3.95. The van der Waals surface area contributed by atoms with Gasteiger partial charge in [-0.1, -0.05) is 13.3 Å². The molecule has 5 rings (SSSR count). The molecule has 3 saturated heterocycles. The first-order valence-corrected chi connectivity index (χ1v) is 12.6. The zero-order valence-electron chi connectivity index (χ0n) is 18.3. The second-order valence-corrected chi connectivity index (χ2v) is 11.3. The number of fused-ring (bicyclic) bond motifs is 4. The van der Waals surface area contributed by atoms with E-state index >= 15 is 0 Å². The second kappa shape index (κ2) is 8.44. The van der Waals surface area contributed by atoms with E-state index in [4.69, 9.17) is 4.74 Å². The lowest BCUT2D eigenvalue weighted by atomic mass is 9.72. The minimum atomic E-state index is -3.44. The van der Waals surface area contributed by atoms with Crippen LogP contribution in [0, 0.1) is 11.8 Å². The van der Waals surface area contributed by atoms with Crippen LogP contribution >= 0.6 is 0 Å². The predicted molar refractivity (Wildman–Crippen MR) is 120 cm³/mol. The molecule has 5 unspecified atom stereocenters. The van der Waals surface area contributed by atoms with E-state index in [1.807, 2.05) is 24.3 Å². The summed E-state index contributed by atoms with van der Waals surface area (Å²) in [5.41, 5.74) is 1.83. The first kappa shape index (κ1) is 21.5. The number of nitrogens with zero attached hydrogens (tertiary/aromatic N) is 2. The van der Waals surface area contributed by atoms with Gasteiger partial charge in [-0.15, -0.1) is 0 Å². The summed E-state index contributed by atoms with van der Waals surface area (Å²) in [5, 5.41) is 0.463. The molecule has 164 valence electrons. The van der Waals surface area contributed by atoms with E-state index in [0.717, 1.165) is 41.7 Å². The Bertz CT molecular complexity index is 1010. The van der Waals surface area contributed by atoms with Crippen LogP contribution in [0.4, 0.5) is 0 Å². The molecule has 3 aliphatic rings. The number of benzene rings is 1. The largest absolute Gasteiger partial charge is 0.497 e. The number of hydrogen-bond acceptors (Lipinski definition) is 5. The molecule has 0 saturated carbocycles. The molecule has 1 aromatic carbocycles. The average molecular weight is 432 g/mol. The Labute approximate surface area is 180 Å². The second-order valence-electron chi connectivity index (χ2n) is 8.99. The molecule has 0 radical (unpaired) electrons. The van der Waals surface area contributed by atoms with Crippen molar-refractivity contribution in [3.63, 3.8) is 0 Å². The van der Waals surface area contributed by atoms with Gasteiger partial charge in [0.25, 0.3) is 0 Å². The summed E-state index contributed by atoms with van der Waals surface area (Å²) in [6, 6.07) is 7.61. The van der Waals surface area contributed by atoms with E-state index in [0.29, 0.717) is 11.8 Å². The maximum atomic E-state index is 13.0. The van der Waals surface area contributed by atoms with Gasteiger partial charge in [0.05, 0.1) is 23.9 Å². The van der Waals surface area contributed by atoms with E-state index in [1.54, 1.807) is 27.2 Å². The lowest BCUT2D eigenvalue weighted by Crippen LogP contribution is -2.58. The molecule has 0 aliphatic carbocycles. The number of ether oxygens (including phenoxy) is 1. The number of sulfonamides is 1. The molecule has 0 spiro atoms. The number of piperidine rings is 3.